The number of hydrogen-bond acceptors (Lipinski definition) is 1. The zero-order valence-corrected chi connectivity index (χ0v) is 11.1. The van der Waals surface area contributed by atoms with Crippen LogP contribution in [0.3, 0.4) is 0 Å². The van der Waals surface area contributed by atoms with Crippen LogP contribution in [-0.2, 0) is 11.0 Å². The molecule has 1 aliphatic carbocycles. The van der Waals surface area contributed by atoms with E-state index in [9.17, 15) is 18.0 Å². The van der Waals surface area contributed by atoms with Crippen molar-refractivity contribution in [1.82, 2.24) is 0 Å². The van der Waals surface area contributed by atoms with Crippen molar-refractivity contribution in [2.45, 2.75) is 45.2 Å². The van der Waals surface area contributed by atoms with Crippen LogP contribution in [0.2, 0.25) is 0 Å². The maximum Gasteiger partial charge on any atom is 0.416 e. The van der Waals surface area contributed by atoms with Gasteiger partial charge >= 0.3 is 6.18 Å². The minimum atomic E-state index is -4.30. The summed E-state index contributed by atoms with van der Waals surface area (Å²) >= 11 is 0. The van der Waals surface area contributed by atoms with E-state index in [2.05, 4.69) is 0 Å². The van der Waals surface area contributed by atoms with Crippen LogP contribution in [0.15, 0.2) is 24.3 Å². The van der Waals surface area contributed by atoms with Crippen LogP contribution in [0.1, 0.15) is 50.2 Å². The molecular weight excluding hydrogens is 253 g/mol. The fraction of sp³-hybridized carbons (Fsp3) is 0.533. The molecule has 0 bridgehead atoms. The van der Waals surface area contributed by atoms with E-state index in [4.69, 9.17) is 0 Å². The summed E-state index contributed by atoms with van der Waals surface area (Å²) in [6.07, 6.45) is -2.37. The number of alkyl halides is 3. The lowest BCUT2D eigenvalue weighted by Gasteiger charge is -2.47. The highest BCUT2D eigenvalue weighted by atomic mass is 19.4. The van der Waals surface area contributed by atoms with Crippen molar-refractivity contribution in [1.29, 1.82) is 0 Å². The highest BCUT2D eigenvalue weighted by molar-refractivity contribution is 5.93. The van der Waals surface area contributed by atoms with Gasteiger partial charge in [-0.15, -0.1) is 0 Å². The number of halogens is 3. The standard InChI is InChI=1S/C15H17F3O/c1-3-14(4-2)12(9-13(14)19)10-5-7-11(8-6-10)15(16,17)18/h5-8,12H,3-4,9H2,1-2H3. The van der Waals surface area contributed by atoms with Crippen molar-refractivity contribution < 1.29 is 18.0 Å². The van der Waals surface area contributed by atoms with Crippen molar-refractivity contribution in [3.8, 4) is 0 Å². The molecule has 0 saturated heterocycles. The van der Waals surface area contributed by atoms with E-state index in [0.29, 0.717) is 6.42 Å². The Bertz CT molecular complexity index is 469. The smallest absolute Gasteiger partial charge is 0.299 e. The molecule has 0 amide bonds. The molecule has 1 unspecified atom stereocenters. The maximum absolute atomic E-state index is 12.5. The average molecular weight is 270 g/mol. The molecule has 0 heterocycles. The zero-order chi connectivity index (χ0) is 14.3. The van der Waals surface area contributed by atoms with Crippen molar-refractivity contribution in [2.75, 3.05) is 0 Å². The quantitative estimate of drug-likeness (QED) is 0.786. The third-order valence-electron chi connectivity index (χ3n) is 4.51. The molecule has 0 spiro atoms. The number of Topliss-reactive ketones (excluding diaryl/α,β-unsaturated/α-hetero) is 1. The van der Waals surface area contributed by atoms with Crippen LogP contribution in [0, 0.1) is 5.41 Å². The molecule has 2 rings (SSSR count). The van der Waals surface area contributed by atoms with E-state index in [1.807, 2.05) is 13.8 Å². The van der Waals surface area contributed by atoms with Gasteiger partial charge in [0.15, 0.2) is 0 Å². The third kappa shape index (κ3) is 2.17. The van der Waals surface area contributed by atoms with Gasteiger partial charge in [-0.2, -0.15) is 13.2 Å². The Labute approximate surface area is 110 Å². The number of rotatable bonds is 3. The lowest BCUT2D eigenvalue weighted by Crippen LogP contribution is -2.47. The van der Waals surface area contributed by atoms with Crippen molar-refractivity contribution in [3.63, 3.8) is 0 Å². The van der Waals surface area contributed by atoms with Crippen LogP contribution >= 0.6 is 0 Å². The molecule has 1 fully saturated rings. The molecule has 104 valence electrons. The Morgan fingerprint density at radius 3 is 2.05 bits per heavy atom. The van der Waals surface area contributed by atoms with Gasteiger partial charge in [0.2, 0.25) is 0 Å². The first-order chi connectivity index (χ1) is 8.85. The normalized spacial score (nSPS) is 22.2. The predicted molar refractivity (Wildman–Crippen MR) is 66.8 cm³/mol. The van der Waals surface area contributed by atoms with E-state index < -0.39 is 11.7 Å². The van der Waals surface area contributed by atoms with E-state index in [1.165, 1.54) is 12.1 Å². The summed E-state index contributed by atoms with van der Waals surface area (Å²) in [5.41, 5.74) is -0.156. The number of benzene rings is 1. The van der Waals surface area contributed by atoms with E-state index in [-0.39, 0.29) is 17.1 Å². The summed E-state index contributed by atoms with van der Waals surface area (Å²) in [6.45, 7) is 3.94. The largest absolute Gasteiger partial charge is 0.416 e. The van der Waals surface area contributed by atoms with Gasteiger partial charge in [0, 0.05) is 17.8 Å². The molecule has 1 nitrogen and oxygen atoms in total. The van der Waals surface area contributed by atoms with Crippen molar-refractivity contribution >= 4 is 5.78 Å². The molecule has 0 radical (unpaired) electrons. The summed E-state index contributed by atoms with van der Waals surface area (Å²) in [4.78, 5) is 11.8. The second-order valence-electron chi connectivity index (χ2n) is 5.16. The molecular formula is C15H17F3O. The minimum absolute atomic E-state index is 0.0669. The molecule has 1 aliphatic rings. The van der Waals surface area contributed by atoms with Gasteiger partial charge in [0.25, 0.3) is 0 Å². The Hall–Kier alpha value is -1.32. The fourth-order valence-corrected chi connectivity index (χ4v) is 3.13. The van der Waals surface area contributed by atoms with Crippen molar-refractivity contribution in [3.05, 3.63) is 35.4 Å². The van der Waals surface area contributed by atoms with Crippen LogP contribution in [0.5, 0.6) is 0 Å². The number of carbonyl (C=O) groups is 1. The second kappa shape index (κ2) is 4.66. The Morgan fingerprint density at radius 2 is 1.68 bits per heavy atom. The summed E-state index contributed by atoms with van der Waals surface area (Å²) < 4.78 is 37.5. The van der Waals surface area contributed by atoms with Crippen LogP contribution in [0.25, 0.3) is 0 Å². The number of ketones is 1. The van der Waals surface area contributed by atoms with Crippen molar-refractivity contribution in [2.24, 2.45) is 5.41 Å². The lowest BCUT2D eigenvalue weighted by molar-refractivity contribution is -0.142. The van der Waals surface area contributed by atoms with Gasteiger partial charge in [-0.3, -0.25) is 4.79 Å². The van der Waals surface area contributed by atoms with Crippen LogP contribution in [0.4, 0.5) is 13.2 Å². The summed E-state index contributed by atoms with van der Waals surface area (Å²) in [7, 11) is 0. The molecule has 4 heteroatoms. The average Bonchev–Trinajstić information content (AvgIpc) is 2.37. The maximum atomic E-state index is 12.5. The summed E-state index contributed by atoms with van der Waals surface area (Å²) in [6, 6.07) is 5.24. The first-order valence-electron chi connectivity index (χ1n) is 6.55. The minimum Gasteiger partial charge on any atom is -0.299 e. The van der Waals surface area contributed by atoms with Crippen LogP contribution in [-0.4, -0.2) is 5.78 Å². The zero-order valence-electron chi connectivity index (χ0n) is 11.1. The highest BCUT2D eigenvalue weighted by Crippen LogP contribution is 2.54. The Kier molecular flexibility index (Phi) is 3.45. The molecule has 0 aromatic heterocycles. The molecule has 1 aromatic rings. The van der Waals surface area contributed by atoms with Crippen LogP contribution < -0.4 is 0 Å². The van der Waals surface area contributed by atoms with Gasteiger partial charge in [-0.05, 0) is 30.5 Å². The second-order valence-corrected chi connectivity index (χ2v) is 5.16. The Morgan fingerprint density at radius 1 is 1.16 bits per heavy atom. The topological polar surface area (TPSA) is 17.1 Å². The van der Waals surface area contributed by atoms with Gasteiger partial charge in [-0.1, -0.05) is 26.0 Å². The Balaban J connectivity index is 2.27. The van der Waals surface area contributed by atoms with Gasteiger partial charge < -0.3 is 0 Å². The molecule has 1 saturated carbocycles. The van der Waals surface area contributed by atoms with E-state index in [0.717, 1.165) is 30.5 Å². The van der Waals surface area contributed by atoms with Gasteiger partial charge in [0.05, 0.1) is 5.56 Å². The molecule has 19 heavy (non-hydrogen) atoms. The molecule has 1 aromatic carbocycles. The molecule has 1 atom stereocenters. The third-order valence-corrected chi connectivity index (χ3v) is 4.51. The number of carbonyl (C=O) groups excluding carboxylic acids is 1. The van der Waals surface area contributed by atoms with Gasteiger partial charge in [-0.25, -0.2) is 0 Å². The van der Waals surface area contributed by atoms with E-state index in [1.54, 1.807) is 0 Å². The molecule has 0 aliphatic heterocycles. The summed E-state index contributed by atoms with van der Waals surface area (Å²) in [5.74, 6) is 0.305. The van der Waals surface area contributed by atoms with E-state index >= 15 is 0 Å². The van der Waals surface area contributed by atoms with Gasteiger partial charge in [0.1, 0.15) is 5.78 Å². The monoisotopic (exact) mass is 270 g/mol. The first kappa shape index (κ1) is 14.1. The SMILES string of the molecule is CCC1(CC)C(=O)CC1c1ccc(C(F)(F)F)cc1. The summed E-state index contributed by atoms with van der Waals surface area (Å²) in [5, 5.41) is 0. The molecule has 0 N–H and O–H groups in total. The lowest BCUT2D eigenvalue weighted by atomic mass is 9.54. The number of hydrogen-bond donors (Lipinski definition) is 0. The first-order valence-corrected chi connectivity index (χ1v) is 6.55. The predicted octanol–water partition coefficient (Wildman–Crippen LogP) is 4.57. The fourth-order valence-electron chi connectivity index (χ4n) is 3.13. The highest BCUT2D eigenvalue weighted by Gasteiger charge is 2.52.